The van der Waals surface area contributed by atoms with E-state index in [0.29, 0.717) is 13.0 Å². The van der Waals surface area contributed by atoms with E-state index in [4.69, 9.17) is 0 Å². The number of carbonyl (C=O) groups is 1. The lowest BCUT2D eigenvalue weighted by molar-refractivity contribution is -0.119. The molecule has 0 aliphatic rings. The summed E-state index contributed by atoms with van der Waals surface area (Å²) in [5.41, 5.74) is 3.92. The first-order valence-electron chi connectivity index (χ1n) is 8.04. The Morgan fingerprint density at radius 1 is 1.15 bits per heavy atom. The molecule has 0 radical (unpaired) electrons. The normalized spacial score (nSPS) is 11.4. The van der Waals surface area contributed by atoms with E-state index in [1.54, 1.807) is 17.1 Å². The molecule has 0 atom stereocenters. The van der Waals surface area contributed by atoms with Gasteiger partial charge in [-0.05, 0) is 18.1 Å². The van der Waals surface area contributed by atoms with Gasteiger partial charge < -0.3 is 0 Å². The van der Waals surface area contributed by atoms with Crippen molar-refractivity contribution in [3.05, 3.63) is 48.9 Å². The number of aryl methyl sites for hydroxylation is 1. The fourth-order valence-corrected chi connectivity index (χ4v) is 3.06. The van der Waals surface area contributed by atoms with Crippen LogP contribution in [0.25, 0.3) is 22.4 Å². The van der Waals surface area contributed by atoms with Crippen LogP contribution in [-0.4, -0.2) is 40.6 Å². The van der Waals surface area contributed by atoms with Crippen LogP contribution in [0.2, 0.25) is 0 Å². The fraction of sp³-hybridized carbons (Fsp3) is 0.235. The summed E-state index contributed by atoms with van der Waals surface area (Å²) >= 11 is 0. The number of H-pyrrole nitrogens is 1. The molecular weight excluding hydrogens is 354 g/mol. The van der Waals surface area contributed by atoms with Gasteiger partial charge in [-0.2, -0.15) is 10.2 Å². The average molecular weight is 373 g/mol. The van der Waals surface area contributed by atoms with Gasteiger partial charge in [0.25, 0.3) is 0 Å². The lowest BCUT2D eigenvalue weighted by Crippen LogP contribution is -2.29. The molecule has 3 rings (SSSR count). The Kier molecular flexibility index (Phi) is 5.17. The summed E-state index contributed by atoms with van der Waals surface area (Å²) in [6, 6.07) is 9.92. The van der Waals surface area contributed by atoms with Gasteiger partial charge >= 0.3 is 0 Å². The number of hydrogen-bond donors (Lipinski definition) is 2. The molecule has 26 heavy (non-hydrogen) atoms. The number of carbonyl (C=O) groups excluding carboxylic acids is 1. The maximum atomic E-state index is 11.5. The van der Waals surface area contributed by atoms with Gasteiger partial charge in [-0.15, -0.1) is 0 Å². The summed E-state index contributed by atoms with van der Waals surface area (Å²) in [4.78, 5) is 11.5. The van der Waals surface area contributed by atoms with Gasteiger partial charge in [0.15, 0.2) is 0 Å². The first-order chi connectivity index (χ1) is 12.4. The van der Waals surface area contributed by atoms with Crippen LogP contribution in [0, 0.1) is 0 Å². The Hall–Kier alpha value is -2.94. The van der Waals surface area contributed by atoms with Gasteiger partial charge in [0.2, 0.25) is 15.9 Å². The van der Waals surface area contributed by atoms with E-state index in [-0.39, 0.29) is 6.42 Å². The molecule has 1 aromatic carbocycles. The molecule has 0 saturated carbocycles. The molecule has 0 aliphatic heterocycles. The van der Waals surface area contributed by atoms with Gasteiger partial charge in [-0.3, -0.25) is 19.3 Å². The van der Waals surface area contributed by atoms with Crippen LogP contribution in [0.15, 0.2) is 48.9 Å². The number of hydrogen-bond acceptors (Lipinski definition) is 5. The van der Waals surface area contributed by atoms with E-state index in [2.05, 4.69) is 15.3 Å². The zero-order chi connectivity index (χ0) is 18.6. The minimum atomic E-state index is -3.50. The fourth-order valence-electron chi connectivity index (χ4n) is 2.55. The van der Waals surface area contributed by atoms with Gasteiger partial charge in [-0.25, -0.2) is 8.42 Å². The Morgan fingerprint density at radius 3 is 2.54 bits per heavy atom. The summed E-state index contributed by atoms with van der Waals surface area (Å²) < 4.78 is 25.6. The number of aromatic nitrogens is 4. The van der Waals surface area contributed by atoms with Crippen LogP contribution in [0.1, 0.15) is 12.8 Å². The highest BCUT2D eigenvalue weighted by molar-refractivity contribution is 7.89. The third kappa shape index (κ3) is 4.79. The van der Waals surface area contributed by atoms with Gasteiger partial charge in [-0.1, -0.05) is 24.3 Å². The topological polar surface area (TPSA) is 110 Å². The number of aromatic amines is 1. The second kappa shape index (κ2) is 7.52. The van der Waals surface area contributed by atoms with E-state index in [0.717, 1.165) is 28.6 Å². The third-order valence-electron chi connectivity index (χ3n) is 3.74. The quantitative estimate of drug-likeness (QED) is 0.656. The van der Waals surface area contributed by atoms with Crippen LogP contribution < -0.4 is 4.72 Å². The maximum absolute atomic E-state index is 11.5. The van der Waals surface area contributed by atoms with Crippen molar-refractivity contribution in [2.45, 2.75) is 19.4 Å². The lowest BCUT2D eigenvalue weighted by Gasteiger charge is -2.03. The molecule has 0 fully saturated rings. The summed E-state index contributed by atoms with van der Waals surface area (Å²) in [5.74, 6) is -0.506. The van der Waals surface area contributed by atoms with Crippen LogP contribution >= 0.6 is 0 Å². The van der Waals surface area contributed by atoms with E-state index in [9.17, 15) is 13.2 Å². The molecule has 136 valence electrons. The van der Waals surface area contributed by atoms with Crippen molar-refractivity contribution in [2.24, 2.45) is 0 Å². The van der Waals surface area contributed by atoms with Crippen molar-refractivity contribution in [3.63, 3.8) is 0 Å². The van der Waals surface area contributed by atoms with E-state index < -0.39 is 15.9 Å². The van der Waals surface area contributed by atoms with E-state index in [1.807, 2.05) is 41.3 Å². The third-order valence-corrected chi connectivity index (χ3v) is 4.34. The number of rotatable bonds is 7. The number of nitrogens with zero attached hydrogens (tertiary/aromatic N) is 3. The first kappa shape index (κ1) is 17.9. The highest BCUT2D eigenvalue weighted by Crippen LogP contribution is 2.23. The molecule has 0 aliphatic carbocycles. The van der Waals surface area contributed by atoms with Gasteiger partial charge in [0.1, 0.15) is 0 Å². The molecular formula is C17H19N5O3S. The molecule has 2 N–H and O–H groups in total. The predicted molar refractivity (Wildman–Crippen MR) is 97.5 cm³/mol. The predicted octanol–water partition coefficient (Wildman–Crippen LogP) is 1.80. The molecule has 0 bridgehead atoms. The molecule has 0 spiro atoms. The zero-order valence-corrected chi connectivity index (χ0v) is 15.0. The van der Waals surface area contributed by atoms with Crippen molar-refractivity contribution in [1.82, 2.24) is 24.7 Å². The average Bonchev–Trinajstić information content (AvgIpc) is 3.25. The van der Waals surface area contributed by atoms with Crippen molar-refractivity contribution < 1.29 is 13.2 Å². The van der Waals surface area contributed by atoms with Crippen molar-refractivity contribution in [1.29, 1.82) is 0 Å². The number of benzene rings is 1. The van der Waals surface area contributed by atoms with Gasteiger partial charge in [0.05, 0.1) is 18.1 Å². The number of amides is 1. The lowest BCUT2D eigenvalue weighted by atomic mass is 10.1. The Balaban J connectivity index is 1.57. The minimum absolute atomic E-state index is 0.126. The first-order valence-corrected chi connectivity index (χ1v) is 9.93. The monoisotopic (exact) mass is 373 g/mol. The van der Waals surface area contributed by atoms with Crippen LogP contribution in [0.5, 0.6) is 0 Å². The molecule has 3 aromatic rings. The maximum Gasteiger partial charge on any atom is 0.233 e. The standard InChI is InChI=1S/C17H19N5O3S/c1-26(24,25)21-17(23)3-2-10-22-12-15(11-19-22)13-4-6-14(7-5-13)16-8-9-18-20-16/h4-9,11-12H,2-3,10H2,1H3,(H,18,20)(H,21,23). The molecule has 2 heterocycles. The molecule has 0 unspecified atom stereocenters. The molecule has 2 aromatic heterocycles. The van der Waals surface area contributed by atoms with Crippen molar-refractivity contribution >= 4 is 15.9 Å². The van der Waals surface area contributed by atoms with Crippen LogP contribution in [0.3, 0.4) is 0 Å². The highest BCUT2D eigenvalue weighted by atomic mass is 32.2. The second-order valence-corrected chi connectivity index (χ2v) is 7.68. The van der Waals surface area contributed by atoms with Crippen molar-refractivity contribution in [3.8, 4) is 22.4 Å². The minimum Gasteiger partial charge on any atom is -0.285 e. The zero-order valence-electron chi connectivity index (χ0n) is 14.2. The van der Waals surface area contributed by atoms with Crippen molar-refractivity contribution in [2.75, 3.05) is 6.26 Å². The summed E-state index contributed by atoms with van der Waals surface area (Å²) in [7, 11) is -3.50. The molecule has 1 amide bonds. The summed E-state index contributed by atoms with van der Waals surface area (Å²) in [5, 5.41) is 11.2. The highest BCUT2D eigenvalue weighted by Gasteiger charge is 2.08. The van der Waals surface area contributed by atoms with Gasteiger partial charge in [0, 0.05) is 36.5 Å². The molecule has 0 saturated heterocycles. The Labute approximate surface area is 151 Å². The number of sulfonamides is 1. The van der Waals surface area contributed by atoms with E-state index >= 15 is 0 Å². The molecule has 8 nitrogen and oxygen atoms in total. The Bertz CT molecular complexity index is 976. The smallest absolute Gasteiger partial charge is 0.233 e. The number of nitrogens with one attached hydrogen (secondary N) is 2. The SMILES string of the molecule is CS(=O)(=O)NC(=O)CCCn1cc(-c2ccc(-c3cc[nH]n3)cc2)cn1. The Morgan fingerprint density at radius 2 is 1.88 bits per heavy atom. The molecule has 9 heteroatoms. The summed E-state index contributed by atoms with van der Waals surface area (Å²) in [6.45, 7) is 0.530. The van der Waals surface area contributed by atoms with Crippen LogP contribution in [0.4, 0.5) is 0 Å². The van der Waals surface area contributed by atoms with Crippen LogP contribution in [-0.2, 0) is 21.4 Å². The summed E-state index contributed by atoms with van der Waals surface area (Å²) in [6.07, 6.45) is 7.03. The largest absolute Gasteiger partial charge is 0.285 e. The second-order valence-electron chi connectivity index (χ2n) is 5.93. The van der Waals surface area contributed by atoms with E-state index in [1.165, 1.54) is 0 Å².